The van der Waals surface area contributed by atoms with Gasteiger partial charge in [-0.25, -0.2) is 0 Å². The van der Waals surface area contributed by atoms with Crippen LogP contribution in [0.4, 0.5) is 0 Å². The molecular weight excluding hydrogens is 486 g/mol. The van der Waals surface area contributed by atoms with Crippen LogP contribution in [0.15, 0.2) is 146 Å². The summed E-state index contributed by atoms with van der Waals surface area (Å²) in [5.41, 5.74) is 8.47. The van der Waals surface area contributed by atoms with Gasteiger partial charge in [-0.3, -0.25) is 0 Å². The van der Waals surface area contributed by atoms with E-state index in [0.717, 1.165) is 11.3 Å². The fourth-order valence-electron chi connectivity index (χ4n) is 6.31. The van der Waals surface area contributed by atoms with Crippen molar-refractivity contribution >= 4 is 41.2 Å². The lowest BCUT2D eigenvalue weighted by molar-refractivity contribution is 1.02. The summed E-state index contributed by atoms with van der Waals surface area (Å²) in [4.78, 5) is 0. The number of hydrogen-bond acceptors (Lipinski definition) is 0. The Hall–Kier alpha value is -3.41. The monoisotopic (exact) mass is 528 g/mol. The van der Waals surface area contributed by atoms with Crippen LogP contribution in [0.5, 0.6) is 0 Å². The van der Waals surface area contributed by atoms with Crippen molar-refractivity contribution in [3.05, 3.63) is 151 Å². The van der Waals surface area contributed by atoms with Gasteiger partial charge in [0, 0.05) is 7.92 Å². The zero-order chi connectivity index (χ0) is 27.7. The molecule has 5 aromatic carbocycles. The number of benzene rings is 5. The second-order valence-electron chi connectivity index (χ2n) is 11.1. The van der Waals surface area contributed by atoms with Gasteiger partial charge < -0.3 is 0 Å². The molecule has 0 aromatic heterocycles. The average molecular weight is 529 g/mol. The fourth-order valence-corrected chi connectivity index (χ4v) is 9.71. The Morgan fingerprint density at radius 1 is 0.410 bits per heavy atom. The van der Waals surface area contributed by atoms with E-state index in [0.29, 0.717) is 0 Å². The molecule has 0 atom stereocenters. The third-order valence-electron chi connectivity index (χ3n) is 7.90. The molecule has 0 spiro atoms. The highest BCUT2D eigenvalue weighted by molar-refractivity contribution is 7.67. The normalized spacial score (nSPS) is 11.4. The second-order valence-corrected chi connectivity index (χ2v) is 14.8. The van der Waals surface area contributed by atoms with Crippen LogP contribution in [-0.4, -0.2) is 17.5 Å². The molecule has 0 saturated heterocycles. The van der Waals surface area contributed by atoms with Crippen LogP contribution < -0.4 is 27.2 Å². The SMILES string of the molecule is Cc1ccccc1[PH+](C(C)C)C(C)C.c1ccc([B-](c2ccccc2)(c2ccccc2)c2ccccc2)cc1. The Labute approximate surface area is 237 Å². The largest absolute Gasteiger partial charge is 0.195 e. The molecule has 0 aliphatic rings. The minimum absolute atomic E-state index is 0.386. The van der Waals surface area contributed by atoms with Gasteiger partial charge in [-0.2, -0.15) is 21.9 Å². The van der Waals surface area contributed by atoms with E-state index < -0.39 is 6.15 Å². The molecule has 0 amide bonds. The molecule has 0 aliphatic heterocycles. The maximum Gasteiger partial charge on any atom is 0.108 e. The second kappa shape index (κ2) is 13.6. The van der Waals surface area contributed by atoms with Crippen molar-refractivity contribution in [2.75, 3.05) is 0 Å². The summed E-state index contributed by atoms with van der Waals surface area (Å²) in [7, 11) is -0.386. The lowest BCUT2D eigenvalue weighted by Gasteiger charge is -2.44. The van der Waals surface area contributed by atoms with Crippen LogP contribution in [0.25, 0.3) is 0 Å². The van der Waals surface area contributed by atoms with Gasteiger partial charge in [0.25, 0.3) is 0 Å². The van der Waals surface area contributed by atoms with Gasteiger partial charge in [-0.05, 0) is 46.2 Å². The fraction of sp³-hybridized carbons (Fsp3) is 0.189. The molecule has 0 heterocycles. The van der Waals surface area contributed by atoms with E-state index in [1.54, 1.807) is 5.30 Å². The molecule has 198 valence electrons. The third-order valence-corrected chi connectivity index (χ3v) is 11.6. The Kier molecular flexibility index (Phi) is 9.97. The topological polar surface area (TPSA) is 0 Å². The number of aryl methyl sites for hydroxylation is 1. The molecule has 0 nitrogen and oxygen atoms in total. The first-order valence-electron chi connectivity index (χ1n) is 14.3. The molecule has 0 saturated carbocycles. The maximum absolute atomic E-state index is 2.36. The first-order valence-corrected chi connectivity index (χ1v) is 15.9. The predicted molar refractivity (Wildman–Crippen MR) is 179 cm³/mol. The molecule has 0 N–H and O–H groups in total. The summed E-state index contributed by atoms with van der Waals surface area (Å²) in [6, 6.07) is 52.4. The van der Waals surface area contributed by atoms with E-state index in [1.165, 1.54) is 27.4 Å². The molecule has 0 aliphatic carbocycles. The van der Waals surface area contributed by atoms with Gasteiger partial charge in [-0.15, -0.1) is 0 Å². The molecule has 0 bridgehead atoms. The first-order chi connectivity index (χ1) is 19.0. The van der Waals surface area contributed by atoms with Gasteiger partial charge in [0.05, 0.1) is 16.6 Å². The summed E-state index contributed by atoms with van der Waals surface area (Å²) in [5, 5.41) is 1.63. The molecule has 5 aromatic rings. The van der Waals surface area contributed by atoms with Crippen molar-refractivity contribution in [1.29, 1.82) is 0 Å². The number of hydrogen-bond donors (Lipinski definition) is 0. The van der Waals surface area contributed by atoms with Crippen molar-refractivity contribution in [3.63, 3.8) is 0 Å². The minimum atomic E-state index is -1.22. The van der Waals surface area contributed by atoms with Crippen LogP contribution in [0, 0.1) is 6.92 Å². The Morgan fingerprint density at radius 3 is 0.974 bits per heavy atom. The summed E-state index contributed by atoms with van der Waals surface area (Å²) < 4.78 is 0. The minimum Gasteiger partial charge on any atom is -0.195 e. The lowest BCUT2D eigenvalue weighted by Crippen LogP contribution is -2.74. The molecule has 2 heteroatoms. The van der Waals surface area contributed by atoms with E-state index in [2.05, 4.69) is 180 Å². The Bertz CT molecular complexity index is 1230. The summed E-state index contributed by atoms with van der Waals surface area (Å²) in [5.74, 6) is 0. The summed E-state index contributed by atoms with van der Waals surface area (Å²) >= 11 is 0. The average Bonchev–Trinajstić information content (AvgIpc) is 2.97. The van der Waals surface area contributed by atoms with Crippen LogP contribution in [-0.2, 0) is 0 Å². The molecule has 0 unspecified atom stereocenters. The zero-order valence-electron chi connectivity index (χ0n) is 24.1. The van der Waals surface area contributed by atoms with Crippen molar-refractivity contribution in [2.24, 2.45) is 0 Å². The summed E-state index contributed by atoms with van der Waals surface area (Å²) in [6.07, 6.45) is -1.22. The van der Waals surface area contributed by atoms with Crippen LogP contribution >= 0.6 is 7.92 Å². The predicted octanol–water partition coefficient (Wildman–Crippen LogP) is 6.72. The van der Waals surface area contributed by atoms with Crippen molar-refractivity contribution in [2.45, 2.75) is 45.9 Å². The van der Waals surface area contributed by atoms with Gasteiger partial charge in [0.15, 0.2) is 0 Å². The van der Waals surface area contributed by atoms with Crippen molar-refractivity contribution in [3.8, 4) is 0 Å². The van der Waals surface area contributed by atoms with E-state index in [4.69, 9.17) is 0 Å². The van der Waals surface area contributed by atoms with Gasteiger partial charge >= 0.3 is 0 Å². The maximum atomic E-state index is 2.36. The molecular formula is C37H42BP. The zero-order valence-corrected chi connectivity index (χ0v) is 25.1. The lowest BCUT2D eigenvalue weighted by atomic mass is 9.13. The van der Waals surface area contributed by atoms with E-state index >= 15 is 0 Å². The standard InChI is InChI=1S/C24H20B.C13H21P/c1-5-13-21(14-6-1)25(22-15-7-2-8-16-22,23-17-9-3-10-18-23)24-19-11-4-12-20-24;1-10(2)14(11(3)4)13-9-7-6-8-12(13)5/h1-20H;6-11H,1-5H3/q-1;/p+1. The van der Waals surface area contributed by atoms with Gasteiger partial charge in [-0.1, -0.05) is 140 Å². The van der Waals surface area contributed by atoms with Crippen molar-refractivity contribution < 1.29 is 0 Å². The van der Waals surface area contributed by atoms with Gasteiger partial charge in [0.2, 0.25) is 0 Å². The van der Waals surface area contributed by atoms with Crippen LogP contribution in [0.2, 0.25) is 0 Å². The van der Waals surface area contributed by atoms with Gasteiger partial charge in [0.1, 0.15) is 6.15 Å². The molecule has 0 radical (unpaired) electrons. The van der Waals surface area contributed by atoms with E-state index in [9.17, 15) is 0 Å². The molecule has 39 heavy (non-hydrogen) atoms. The smallest absolute Gasteiger partial charge is 0.108 e. The summed E-state index contributed by atoms with van der Waals surface area (Å²) in [6.45, 7) is 11.7. The Balaban J connectivity index is 0.000000215. The van der Waals surface area contributed by atoms with E-state index in [-0.39, 0.29) is 7.92 Å². The Morgan fingerprint density at radius 2 is 0.692 bits per heavy atom. The molecule has 0 fully saturated rings. The molecule has 5 rings (SSSR count). The van der Waals surface area contributed by atoms with Crippen molar-refractivity contribution in [1.82, 2.24) is 0 Å². The van der Waals surface area contributed by atoms with Crippen LogP contribution in [0.1, 0.15) is 33.3 Å². The number of rotatable bonds is 7. The van der Waals surface area contributed by atoms with Crippen LogP contribution in [0.3, 0.4) is 0 Å². The quantitative estimate of drug-likeness (QED) is 0.163. The van der Waals surface area contributed by atoms with E-state index in [1.807, 2.05) is 0 Å². The highest BCUT2D eigenvalue weighted by Gasteiger charge is 2.31. The highest BCUT2D eigenvalue weighted by atomic mass is 31.1. The first kappa shape index (κ1) is 28.6. The highest BCUT2D eigenvalue weighted by Crippen LogP contribution is 2.45. The third kappa shape index (κ3) is 6.43.